The monoisotopic (exact) mass is 439 g/mol. The molecule has 2 aromatic heterocycles. The summed E-state index contributed by atoms with van der Waals surface area (Å²) in [5.41, 5.74) is 2.82. The summed E-state index contributed by atoms with van der Waals surface area (Å²) in [4.78, 5) is 48.3. The van der Waals surface area contributed by atoms with Crippen LogP contribution in [0.25, 0.3) is 0 Å². The highest BCUT2D eigenvalue weighted by Gasteiger charge is 2.34. The van der Waals surface area contributed by atoms with E-state index in [-0.39, 0.29) is 24.2 Å². The largest absolute Gasteiger partial charge is 0.461 e. The van der Waals surface area contributed by atoms with Crippen LogP contribution in [0.2, 0.25) is 0 Å². The van der Waals surface area contributed by atoms with Crippen molar-refractivity contribution in [2.24, 2.45) is 5.92 Å². The molecule has 1 aliphatic rings. The lowest BCUT2D eigenvalue weighted by atomic mass is 9.97. The van der Waals surface area contributed by atoms with Gasteiger partial charge in [0.2, 0.25) is 5.91 Å². The molecule has 1 saturated carbocycles. The Morgan fingerprint density at radius 3 is 2.56 bits per heavy atom. The molecule has 0 aromatic carbocycles. The number of aromatic amines is 1. The number of H-pyrrole nitrogens is 1. The molecule has 1 fully saturated rings. The molecule has 0 unspecified atom stereocenters. The van der Waals surface area contributed by atoms with Crippen molar-refractivity contribution in [1.29, 1.82) is 0 Å². The van der Waals surface area contributed by atoms with E-state index in [0.717, 1.165) is 31.4 Å². The number of aromatic nitrogens is 2. The van der Waals surface area contributed by atoms with Crippen molar-refractivity contribution in [2.45, 2.75) is 65.8 Å². The van der Waals surface area contributed by atoms with Gasteiger partial charge < -0.3 is 14.6 Å². The minimum absolute atomic E-state index is 0.0301. The van der Waals surface area contributed by atoms with Crippen molar-refractivity contribution in [2.75, 3.05) is 13.2 Å². The first kappa shape index (κ1) is 23.7. The molecule has 1 aliphatic carbocycles. The van der Waals surface area contributed by atoms with Crippen molar-refractivity contribution in [3.8, 4) is 0 Å². The molecule has 1 atom stereocenters. The number of carbonyl (C=O) groups is 3. The van der Waals surface area contributed by atoms with E-state index in [2.05, 4.69) is 9.97 Å². The van der Waals surface area contributed by atoms with Crippen LogP contribution >= 0.6 is 0 Å². The molecule has 0 spiro atoms. The molecular formula is C25H33N3O4. The Kier molecular flexibility index (Phi) is 7.83. The van der Waals surface area contributed by atoms with E-state index in [1.807, 2.05) is 18.2 Å². The summed E-state index contributed by atoms with van der Waals surface area (Å²) in [6.45, 7) is 7.72. The Labute approximate surface area is 189 Å². The van der Waals surface area contributed by atoms with Crippen molar-refractivity contribution >= 4 is 17.7 Å². The van der Waals surface area contributed by atoms with E-state index in [1.54, 1.807) is 38.8 Å². The predicted molar refractivity (Wildman–Crippen MR) is 122 cm³/mol. The third-order valence-corrected chi connectivity index (χ3v) is 6.33. The number of ether oxygens (including phenoxy) is 1. The molecule has 2 aromatic rings. The lowest BCUT2D eigenvalue weighted by Crippen LogP contribution is -2.47. The summed E-state index contributed by atoms with van der Waals surface area (Å²) in [7, 11) is 0. The maximum atomic E-state index is 13.6. The standard InChI is InChI=1S/C25H33N3O4/c1-5-32-25(31)22-16(2)21(17(3)27-22)23(29)18(4)28(24(30)19-10-6-7-11-19)15-13-20-12-8-9-14-26-20/h8-9,12,14,18-19,27H,5-7,10-11,13,15H2,1-4H3/t18-/m1/s1. The van der Waals surface area contributed by atoms with Gasteiger partial charge in [-0.2, -0.15) is 0 Å². The van der Waals surface area contributed by atoms with Gasteiger partial charge in [0.05, 0.1) is 12.6 Å². The highest BCUT2D eigenvalue weighted by atomic mass is 16.5. The number of carbonyl (C=O) groups excluding carboxylic acids is 3. The fraction of sp³-hybridized carbons (Fsp3) is 0.520. The molecule has 0 radical (unpaired) electrons. The summed E-state index contributed by atoms with van der Waals surface area (Å²) in [6, 6.07) is 5.06. The van der Waals surface area contributed by atoms with E-state index >= 15 is 0 Å². The second kappa shape index (κ2) is 10.6. The van der Waals surface area contributed by atoms with Gasteiger partial charge in [0, 0.05) is 42.0 Å². The quantitative estimate of drug-likeness (QED) is 0.470. The number of hydrogen-bond acceptors (Lipinski definition) is 5. The van der Waals surface area contributed by atoms with Gasteiger partial charge in [-0.1, -0.05) is 18.9 Å². The summed E-state index contributed by atoms with van der Waals surface area (Å²) in [5.74, 6) is -0.638. The van der Waals surface area contributed by atoms with E-state index < -0.39 is 12.0 Å². The lowest BCUT2D eigenvalue weighted by molar-refractivity contribution is -0.136. The third-order valence-electron chi connectivity index (χ3n) is 6.33. The van der Waals surface area contributed by atoms with Gasteiger partial charge >= 0.3 is 5.97 Å². The van der Waals surface area contributed by atoms with Crippen LogP contribution < -0.4 is 0 Å². The maximum absolute atomic E-state index is 13.6. The van der Waals surface area contributed by atoms with Gasteiger partial charge in [-0.3, -0.25) is 14.6 Å². The summed E-state index contributed by atoms with van der Waals surface area (Å²) >= 11 is 0. The van der Waals surface area contributed by atoms with Gasteiger partial charge in [0.15, 0.2) is 5.78 Å². The van der Waals surface area contributed by atoms with Crippen LogP contribution in [0.3, 0.4) is 0 Å². The molecule has 7 heteroatoms. The normalized spacial score (nSPS) is 14.9. The Hall–Kier alpha value is -2.96. The molecule has 3 rings (SSSR count). The zero-order chi connectivity index (χ0) is 23.3. The molecule has 1 amide bonds. The van der Waals surface area contributed by atoms with Crippen LogP contribution in [0.1, 0.15) is 77.3 Å². The maximum Gasteiger partial charge on any atom is 0.355 e. The second-order valence-corrected chi connectivity index (χ2v) is 8.47. The van der Waals surface area contributed by atoms with E-state index in [0.29, 0.717) is 35.5 Å². The van der Waals surface area contributed by atoms with Crippen molar-refractivity contribution in [3.63, 3.8) is 0 Å². The number of hydrogen-bond donors (Lipinski definition) is 1. The number of amides is 1. The first-order valence-corrected chi connectivity index (χ1v) is 11.5. The molecule has 7 nitrogen and oxygen atoms in total. The van der Waals surface area contributed by atoms with E-state index in [9.17, 15) is 14.4 Å². The van der Waals surface area contributed by atoms with Crippen LogP contribution in [0.5, 0.6) is 0 Å². The number of ketones is 1. The number of rotatable bonds is 9. The van der Waals surface area contributed by atoms with Gasteiger partial charge in [-0.15, -0.1) is 0 Å². The second-order valence-electron chi connectivity index (χ2n) is 8.47. The molecule has 0 saturated heterocycles. The fourth-order valence-electron chi connectivity index (χ4n) is 4.56. The van der Waals surface area contributed by atoms with E-state index in [4.69, 9.17) is 4.74 Å². The SMILES string of the molecule is CCOC(=O)c1[nH]c(C)c(C(=O)[C@@H](C)N(CCc2ccccn2)C(=O)C2CCCC2)c1C. The predicted octanol–water partition coefficient (Wildman–Crippen LogP) is 4.04. The summed E-state index contributed by atoms with van der Waals surface area (Å²) in [5, 5.41) is 0. The average Bonchev–Trinajstić information content (AvgIpc) is 3.42. The number of aryl methyl sites for hydroxylation is 1. The lowest BCUT2D eigenvalue weighted by Gasteiger charge is -2.31. The smallest absolute Gasteiger partial charge is 0.355 e. The zero-order valence-corrected chi connectivity index (χ0v) is 19.4. The Morgan fingerprint density at radius 1 is 1.22 bits per heavy atom. The van der Waals surface area contributed by atoms with Gasteiger partial charge in [-0.25, -0.2) is 4.79 Å². The average molecular weight is 440 g/mol. The number of nitrogens with one attached hydrogen (secondary N) is 1. The fourth-order valence-corrected chi connectivity index (χ4v) is 4.56. The van der Waals surface area contributed by atoms with Crippen LogP contribution in [-0.4, -0.2) is 51.7 Å². The number of esters is 1. The van der Waals surface area contributed by atoms with Gasteiger partial charge in [0.1, 0.15) is 5.69 Å². The molecular weight excluding hydrogens is 406 g/mol. The van der Waals surface area contributed by atoms with E-state index in [1.165, 1.54) is 0 Å². The Balaban J connectivity index is 1.86. The van der Waals surface area contributed by atoms with Crippen LogP contribution in [-0.2, 0) is 16.0 Å². The molecule has 2 heterocycles. The minimum atomic E-state index is -0.643. The third kappa shape index (κ3) is 5.09. The van der Waals surface area contributed by atoms with Gasteiger partial charge in [-0.05, 0) is 58.2 Å². The summed E-state index contributed by atoms with van der Waals surface area (Å²) in [6.07, 6.45) is 6.15. The minimum Gasteiger partial charge on any atom is -0.461 e. The number of pyridine rings is 1. The van der Waals surface area contributed by atoms with Crippen molar-refractivity contribution in [3.05, 3.63) is 52.6 Å². The molecule has 0 aliphatic heterocycles. The highest BCUT2D eigenvalue weighted by Crippen LogP contribution is 2.29. The topological polar surface area (TPSA) is 92.4 Å². The van der Waals surface area contributed by atoms with Crippen LogP contribution in [0, 0.1) is 19.8 Å². The van der Waals surface area contributed by atoms with Crippen LogP contribution in [0.4, 0.5) is 0 Å². The number of nitrogens with zero attached hydrogens (tertiary/aromatic N) is 2. The molecule has 172 valence electrons. The van der Waals surface area contributed by atoms with Crippen LogP contribution in [0.15, 0.2) is 24.4 Å². The van der Waals surface area contributed by atoms with Crippen molar-refractivity contribution < 1.29 is 19.1 Å². The first-order chi connectivity index (χ1) is 15.3. The molecule has 0 bridgehead atoms. The summed E-state index contributed by atoms with van der Waals surface area (Å²) < 4.78 is 5.11. The molecule has 1 N–H and O–H groups in total. The highest BCUT2D eigenvalue weighted by molar-refractivity contribution is 6.06. The number of Topliss-reactive ketones (excluding diaryl/α,β-unsaturated/α-hetero) is 1. The van der Waals surface area contributed by atoms with Crippen molar-refractivity contribution in [1.82, 2.24) is 14.9 Å². The first-order valence-electron chi connectivity index (χ1n) is 11.5. The Morgan fingerprint density at radius 2 is 1.94 bits per heavy atom. The van der Waals surface area contributed by atoms with Gasteiger partial charge in [0.25, 0.3) is 0 Å². The zero-order valence-electron chi connectivity index (χ0n) is 19.4. The Bertz CT molecular complexity index is 961. The molecule has 32 heavy (non-hydrogen) atoms.